The monoisotopic (exact) mass is 382 g/mol. The SMILES string of the molecule is CC(C)(CCNC(=O)c1cccc(S(=O)(=O)N2CCCCC2)c1)C(=O)O. The second-order valence-corrected chi connectivity index (χ2v) is 9.13. The van der Waals surface area contributed by atoms with E-state index in [2.05, 4.69) is 5.32 Å². The maximum absolute atomic E-state index is 12.7. The first kappa shape index (κ1) is 20.4. The van der Waals surface area contributed by atoms with Crippen molar-refractivity contribution in [3.05, 3.63) is 29.8 Å². The van der Waals surface area contributed by atoms with Crippen LogP contribution in [-0.2, 0) is 14.8 Å². The molecule has 1 heterocycles. The van der Waals surface area contributed by atoms with Crippen molar-refractivity contribution < 1.29 is 23.1 Å². The number of aliphatic carboxylic acids is 1. The zero-order chi connectivity index (χ0) is 19.4. The molecule has 1 saturated heterocycles. The molecule has 0 saturated carbocycles. The molecule has 8 heteroatoms. The van der Waals surface area contributed by atoms with Gasteiger partial charge in [0.25, 0.3) is 5.91 Å². The van der Waals surface area contributed by atoms with Crippen LogP contribution in [0, 0.1) is 5.41 Å². The summed E-state index contributed by atoms with van der Waals surface area (Å²) in [5.74, 6) is -1.34. The summed E-state index contributed by atoms with van der Waals surface area (Å²) in [4.78, 5) is 23.5. The normalized spacial score (nSPS) is 16.2. The Bertz CT molecular complexity index is 768. The van der Waals surface area contributed by atoms with Crippen molar-refractivity contribution in [3.8, 4) is 0 Å². The van der Waals surface area contributed by atoms with Crippen molar-refractivity contribution in [1.82, 2.24) is 9.62 Å². The van der Waals surface area contributed by atoms with Gasteiger partial charge in [-0.25, -0.2) is 8.42 Å². The number of hydrogen-bond donors (Lipinski definition) is 2. The Balaban J connectivity index is 2.06. The Labute approximate surface area is 154 Å². The zero-order valence-corrected chi connectivity index (χ0v) is 16.0. The highest BCUT2D eigenvalue weighted by Crippen LogP contribution is 2.22. The van der Waals surface area contributed by atoms with Crippen LogP contribution in [0.1, 0.15) is 49.9 Å². The molecule has 0 bridgehead atoms. The first-order chi connectivity index (χ1) is 12.1. The number of carbonyl (C=O) groups is 2. The number of carboxylic acids is 1. The van der Waals surface area contributed by atoms with Crippen LogP contribution in [-0.4, -0.2) is 49.3 Å². The molecular weight excluding hydrogens is 356 g/mol. The molecule has 1 aromatic rings. The number of benzene rings is 1. The number of nitrogens with zero attached hydrogens (tertiary/aromatic N) is 1. The molecule has 0 aromatic heterocycles. The average Bonchev–Trinajstić information content (AvgIpc) is 2.62. The van der Waals surface area contributed by atoms with E-state index in [0.717, 1.165) is 19.3 Å². The zero-order valence-electron chi connectivity index (χ0n) is 15.2. The molecule has 0 radical (unpaired) electrons. The third-order valence-corrected chi connectivity index (χ3v) is 6.56. The number of nitrogens with one attached hydrogen (secondary N) is 1. The van der Waals surface area contributed by atoms with Crippen LogP contribution in [0.25, 0.3) is 0 Å². The molecule has 2 rings (SSSR count). The van der Waals surface area contributed by atoms with E-state index in [-0.39, 0.29) is 23.4 Å². The van der Waals surface area contributed by atoms with E-state index in [1.54, 1.807) is 26.0 Å². The lowest BCUT2D eigenvalue weighted by Crippen LogP contribution is -2.35. The summed E-state index contributed by atoms with van der Waals surface area (Å²) in [6, 6.07) is 5.97. The summed E-state index contributed by atoms with van der Waals surface area (Å²) in [5.41, 5.74) is -0.691. The van der Waals surface area contributed by atoms with Gasteiger partial charge in [-0.1, -0.05) is 12.5 Å². The summed E-state index contributed by atoms with van der Waals surface area (Å²) in [5, 5.41) is 11.7. The molecule has 1 aliphatic rings. The fourth-order valence-electron chi connectivity index (χ4n) is 2.75. The number of rotatable bonds is 7. The van der Waals surface area contributed by atoms with Gasteiger partial charge in [0.2, 0.25) is 10.0 Å². The highest BCUT2D eigenvalue weighted by molar-refractivity contribution is 7.89. The third kappa shape index (κ3) is 4.82. The van der Waals surface area contributed by atoms with Crippen LogP contribution in [0.3, 0.4) is 0 Å². The first-order valence-corrected chi connectivity index (χ1v) is 10.2. The van der Waals surface area contributed by atoms with E-state index in [0.29, 0.717) is 13.1 Å². The number of sulfonamides is 1. The van der Waals surface area contributed by atoms with Crippen LogP contribution >= 0.6 is 0 Å². The van der Waals surface area contributed by atoms with Crippen molar-refractivity contribution in [2.24, 2.45) is 5.41 Å². The molecule has 0 spiro atoms. The van der Waals surface area contributed by atoms with E-state index in [4.69, 9.17) is 5.11 Å². The molecule has 26 heavy (non-hydrogen) atoms. The molecule has 1 amide bonds. The lowest BCUT2D eigenvalue weighted by molar-refractivity contribution is -0.147. The van der Waals surface area contributed by atoms with Gasteiger partial charge in [0.1, 0.15) is 0 Å². The molecule has 0 aliphatic carbocycles. The van der Waals surface area contributed by atoms with Gasteiger partial charge in [-0.3, -0.25) is 9.59 Å². The minimum Gasteiger partial charge on any atom is -0.481 e. The number of piperidine rings is 1. The lowest BCUT2D eigenvalue weighted by atomic mass is 9.90. The van der Waals surface area contributed by atoms with Crippen LogP contribution in [0.2, 0.25) is 0 Å². The van der Waals surface area contributed by atoms with Crippen molar-refractivity contribution in [1.29, 1.82) is 0 Å². The molecule has 144 valence electrons. The van der Waals surface area contributed by atoms with Crippen molar-refractivity contribution in [2.75, 3.05) is 19.6 Å². The van der Waals surface area contributed by atoms with Crippen LogP contribution in [0.5, 0.6) is 0 Å². The fraction of sp³-hybridized carbons (Fsp3) is 0.556. The maximum atomic E-state index is 12.7. The van der Waals surface area contributed by atoms with Crippen LogP contribution < -0.4 is 5.32 Å². The molecule has 1 fully saturated rings. The van der Waals surface area contributed by atoms with Gasteiger partial charge in [0, 0.05) is 25.2 Å². The molecule has 1 aliphatic heterocycles. The molecular formula is C18H26N2O5S. The number of hydrogen-bond acceptors (Lipinski definition) is 4. The van der Waals surface area contributed by atoms with E-state index in [1.165, 1.54) is 16.4 Å². The number of amides is 1. The van der Waals surface area contributed by atoms with Crippen molar-refractivity contribution in [3.63, 3.8) is 0 Å². The van der Waals surface area contributed by atoms with Crippen molar-refractivity contribution in [2.45, 2.75) is 44.4 Å². The van der Waals surface area contributed by atoms with E-state index in [9.17, 15) is 18.0 Å². The van der Waals surface area contributed by atoms with Gasteiger partial charge in [0.05, 0.1) is 10.3 Å². The standard InChI is InChI=1S/C18H26N2O5S/c1-18(2,17(22)23)9-10-19-16(21)14-7-6-8-15(13-14)26(24,25)20-11-4-3-5-12-20/h6-8,13H,3-5,9-12H2,1-2H3,(H,19,21)(H,22,23). The largest absolute Gasteiger partial charge is 0.481 e. The summed E-state index contributed by atoms with van der Waals surface area (Å²) >= 11 is 0. The Hall–Kier alpha value is -1.93. The second kappa shape index (κ2) is 8.18. The van der Waals surface area contributed by atoms with Gasteiger partial charge in [-0.15, -0.1) is 0 Å². The summed E-state index contributed by atoms with van der Waals surface area (Å²) in [7, 11) is -3.60. The molecule has 2 N–H and O–H groups in total. The second-order valence-electron chi connectivity index (χ2n) is 7.19. The third-order valence-electron chi connectivity index (χ3n) is 4.66. The Morgan fingerprint density at radius 1 is 1.19 bits per heavy atom. The van der Waals surface area contributed by atoms with E-state index >= 15 is 0 Å². The smallest absolute Gasteiger partial charge is 0.309 e. The van der Waals surface area contributed by atoms with Crippen LogP contribution in [0.4, 0.5) is 0 Å². The van der Waals surface area contributed by atoms with Gasteiger partial charge < -0.3 is 10.4 Å². The molecule has 0 unspecified atom stereocenters. The van der Waals surface area contributed by atoms with E-state index < -0.39 is 27.3 Å². The first-order valence-electron chi connectivity index (χ1n) is 8.76. The Morgan fingerprint density at radius 2 is 1.85 bits per heavy atom. The van der Waals surface area contributed by atoms with Gasteiger partial charge in [0.15, 0.2) is 0 Å². The van der Waals surface area contributed by atoms with Crippen molar-refractivity contribution >= 4 is 21.9 Å². The predicted octanol–water partition coefficient (Wildman–Crippen LogP) is 2.09. The Morgan fingerprint density at radius 3 is 2.46 bits per heavy atom. The topological polar surface area (TPSA) is 104 Å². The Kier molecular flexibility index (Phi) is 6.41. The summed E-state index contributed by atoms with van der Waals surface area (Å²) in [6.45, 7) is 4.38. The summed E-state index contributed by atoms with van der Waals surface area (Å²) < 4.78 is 26.9. The highest BCUT2D eigenvalue weighted by Gasteiger charge is 2.28. The summed E-state index contributed by atoms with van der Waals surface area (Å²) in [6.07, 6.45) is 3.00. The fourth-order valence-corrected chi connectivity index (χ4v) is 4.31. The van der Waals surface area contributed by atoms with Gasteiger partial charge in [-0.05, 0) is 51.3 Å². The number of carbonyl (C=O) groups excluding carboxylic acids is 1. The minimum absolute atomic E-state index is 0.109. The average molecular weight is 382 g/mol. The van der Waals surface area contributed by atoms with Gasteiger partial charge in [-0.2, -0.15) is 4.31 Å². The van der Waals surface area contributed by atoms with E-state index in [1.807, 2.05) is 0 Å². The molecule has 0 atom stereocenters. The molecule has 7 nitrogen and oxygen atoms in total. The molecule has 1 aromatic carbocycles. The lowest BCUT2D eigenvalue weighted by Gasteiger charge is -2.26. The maximum Gasteiger partial charge on any atom is 0.309 e. The number of carboxylic acid groups (broad SMARTS) is 1. The minimum atomic E-state index is -3.60. The van der Waals surface area contributed by atoms with Crippen LogP contribution in [0.15, 0.2) is 29.2 Å². The quantitative estimate of drug-likeness (QED) is 0.751. The van der Waals surface area contributed by atoms with Gasteiger partial charge >= 0.3 is 5.97 Å². The highest BCUT2D eigenvalue weighted by atomic mass is 32.2. The predicted molar refractivity (Wildman–Crippen MR) is 97.4 cm³/mol.